The number of benzene rings is 2. The number of para-hydroxylation sites is 1. The Morgan fingerprint density at radius 1 is 1.04 bits per heavy atom. The quantitative estimate of drug-likeness (QED) is 0.573. The van der Waals surface area contributed by atoms with Crippen LogP contribution in [0, 0.1) is 0 Å². The van der Waals surface area contributed by atoms with Crippen molar-refractivity contribution in [3.63, 3.8) is 0 Å². The normalized spacial score (nSPS) is 10.8. The van der Waals surface area contributed by atoms with Gasteiger partial charge in [0.25, 0.3) is 5.56 Å². The molecule has 0 fully saturated rings. The highest BCUT2D eigenvalue weighted by atomic mass is 16.3. The van der Waals surface area contributed by atoms with Crippen molar-refractivity contribution in [2.24, 2.45) is 0 Å². The highest BCUT2D eigenvalue weighted by molar-refractivity contribution is 5.79. The molecule has 0 saturated carbocycles. The van der Waals surface area contributed by atoms with E-state index in [0.29, 0.717) is 24.9 Å². The summed E-state index contributed by atoms with van der Waals surface area (Å²) in [5, 5.41) is 13.1. The van der Waals surface area contributed by atoms with Gasteiger partial charge in [-0.05, 0) is 54.5 Å². The van der Waals surface area contributed by atoms with Crippen LogP contribution in [0.3, 0.4) is 0 Å². The Bertz CT molecular complexity index is 945. The van der Waals surface area contributed by atoms with E-state index in [9.17, 15) is 14.7 Å². The topological polar surface area (TPSA) is 82.2 Å². The lowest BCUT2D eigenvalue weighted by Gasteiger charge is -2.06. The molecular formula is C21H22N2O3. The number of carbonyl (C=O) groups excluding carboxylic acids is 1. The molecule has 1 aromatic heterocycles. The van der Waals surface area contributed by atoms with E-state index in [1.54, 1.807) is 12.1 Å². The standard InChI is InChI=1S/C21H22N2O3/c24-18-10-7-15(8-11-18)4-3-13-22-20(25)12-9-17-14-16-5-1-2-6-19(16)23-21(17)26/h1-2,5-8,10-11,14,24H,3-4,9,12-13H2,(H,22,25)(H,23,26). The van der Waals surface area contributed by atoms with Crippen LogP contribution in [0.5, 0.6) is 5.75 Å². The zero-order valence-electron chi connectivity index (χ0n) is 14.5. The minimum atomic E-state index is -0.135. The van der Waals surface area contributed by atoms with Crippen LogP contribution in [0.25, 0.3) is 10.9 Å². The van der Waals surface area contributed by atoms with Gasteiger partial charge in [-0.1, -0.05) is 30.3 Å². The number of aryl methyl sites for hydroxylation is 2. The summed E-state index contributed by atoms with van der Waals surface area (Å²) >= 11 is 0. The molecule has 26 heavy (non-hydrogen) atoms. The molecule has 3 N–H and O–H groups in total. The number of rotatable bonds is 7. The number of amides is 1. The SMILES string of the molecule is O=C(CCc1cc2ccccc2[nH]c1=O)NCCCc1ccc(O)cc1. The average molecular weight is 350 g/mol. The second-order valence-electron chi connectivity index (χ2n) is 6.33. The lowest BCUT2D eigenvalue weighted by molar-refractivity contribution is -0.121. The fourth-order valence-corrected chi connectivity index (χ4v) is 2.90. The fraction of sp³-hybridized carbons (Fsp3) is 0.238. The van der Waals surface area contributed by atoms with E-state index in [0.717, 1.165) is 29.3 Å². The first kappa shape index (κ1) is 17.7. The molecule has 0 saturated heterocycles. The van der Waals surface area contributed by atoms with Crippen LogP contribution in [-0.2, 0) is 17.6 Å². The van der Waals surface area contributed by atoms with Crippen molar-refractivity contribution in [1.82, 2.24) is 10.3 Å². The van der Waals surface area contributed by atoms with Crippen molar-refractivity contribution < 1.29 is 9.90 Å². The van der Waals surface area contributed by atoms with Gasteiger partial charge in [0.05, 0.1) is 0 Å². The first-order valence-corrected chi connectivity index (χ1v) is 8.77. The van der Waals surface area contributed by atoms with Crippen LogP contribution >= 0.6 is 0 Å². The van der Waals surface area contributed by atoms with Crippen LogP contribution < -0.4 is 10.9 Å². The first-order chi connectivity index (χ1) is 12.6. The van der Waals surface area contributed by atoms with Gasteiger partial charge < -0.3 is 15.4 Å². The van der Waals surface area contributed by atoms with Gasteiger partial charge in [-0.2, -0.15) is 0 Å². The number of phenols is 1. The zero-order chi connectivity index (χ0) is 18.4. The Kier molecular flexibility index (Phi) is 5.69. The molecule has 0 unspecified atom stereocenters. The highest BCUT2D eigenvalue weighted by Gasteiger charge is 2.06. The Morgan fingerprint density at radius 2 is 1.81 bits per heavy atom. The first-order valence-electron chi connectivity index (χ1n) is 8.77. The lowest BCUT2D eigenvalue weighted by Crippen LogP contribution is -2.26. The van der Waals surface area contributed by atoms with E-state index in [-0.39, 0.29) is 17.2 Å². The van der Waals surface area contributed by atoms with Crippen molar-refractivity contribution in [1.29, 1.82) is 0 Å². The van der Waals surface area contributed by atoms with E-state index >= 15 is 0 Å². The predicted molar refractivity (Wildman–Crippen MR) is 102 cm³/mol. The monoisotopic (exact) mass is 350 g/mol. The van der Waals surface area contributed by atoms with Crippen LogP contribution in [0.2, 0.25) is 0 Å². The smallest absolute Gasteiger partial charge is 0.251 e. The van der Waals surface area contributed by atoms with Gasteiger partial charge >= 0.3 is 0 Å². The van der Waals surface area contributed by atoms with Crippen LogP contribution in [0.15, 0.2) is 59.4 Å². The van der Waals surface area contributed by atoms with E-state index < -0.39 is 0 Å². The van der Waals surface area contributed by atoms with E-state index in [1.165, 1.54) is 0 Å². The summed E-state index contributed by atoms with van der Waals surface area (Å²) in [6, 6.07) is 16.5. The van der Waals surface area contributed by atoms with E-state index in [1.807, 2.05) is 42.5 Å². The number of carbonyl (C=O) groups is 1. The molecule has 0 atom stereocenters. The Balaban J connectivity index is 1.44. The van der Waals surface area contributed by atoms with Crippen molar-refractivity contribution in [3.05, 3.63) is 76.1 Å². The van der Waals surface area contributed by atoms with Crippen LogP contribution in [-0.4, -0.2) is 22.5 Å². The second-order valence-corrected chi connectivity index (χ2v) is 6.33. The largest absolute Gasteiger partial charge is 0.508 e. The third-order valence-corrected chi connectivity index (χ3v) is 4.35. The molecule has 0 spiro atoms. The van der Waals surface area contributed by atoms with Crippen molar-refractivity contribution >= 4 is 16.8 Å². The van der Waals surface area contributed by atoms with Gasteiger partial charge in [0.2, 0.25) is 5.91 Å². The summed E-state index contributed by atoms with van der Waals surface area (Å²) in [4.78, 5) is 26.9. The van der Waals surface area contributed by atoms with Crippen molar-refractivity contribution in [2.75, 3.05) is 6.54 Å². The predicted octanol–water partition coefficient (Wildman–Crippen LogP) is 2.92. The minimum Gasteiger partial charge on any atom is -0.508 e. The summed E-state index contributed by atoms with van der Waals surface area (Å²) in [7, 11) is 0. The molecule has 134 valence electrons. The summed E-state index contributed by atoms with van der Waals surface area (Å²) in [5.41, 5.74) is 2.42. The molecule has 2 aromatic carbocycles. The number of aromatic nitrogens is 1. The number of pyridine rings is 1. The molecular weight excluding hydrogens is 328 g/mol. The zero-order valence-corrected chi connectivity index (χ0v) is 14.5. The van der Waals surface area contributed by atoms with E-state index in [4.69, 9.17) is 0 Å². The van der Waals surface area contributed by atoms with Crippen molar-refractivity contribution in [3.8, 4) is 5.75 Å². The van der Waals surface area contributed by atoms with Gasteiger partial charge in [0.15, 0.2) is 0 Å². The van der Waals surface area contributed by atoms with Gasteiger partial charge in [-0.15, -0.1) is 0 Å². The van der Waals surface area contributed by atoms with Crippen LogP contribution in [0.1, 0.15) is 24.0 Å². The summed E-state index contributed by atoms with van der Waals surface area (Å²) in [5.74, 6) is 0.203. The molecule has 0 aliphatic carbocycles. The van der Waals surface area contributed by atoms with Gasteiger partial charge in [0, 0.05) is 24.0 Å². The Hall–Kier alpha value is -3.08. The minimum absolute atomic E-state index is 0.0525. The van der Waals surface area contributed by atoms with Crippen LogP contribution in [0.4, 0.5) is 0 Å². The Labute approximate surface area is 151 Å². The number of aromatic hydroxyl groups is 1. The fourth-order valence-electron chi connectivity index (χ4n) is 2.90. The van der Waals surface area contributed by atoms with Gasteiger partial charge in [0.1, 0.15) is 5.75 Å². The maximum absolute atomic E-state index is 12.1. The molecule has 0 aliphatic rings. The van der Waals surface area contributed by atoms with Gasteiger partial charge in [-0.3, -0.25) is 9.59 Å². The number of hydrogen-bond donors (Lipinski definition) is 3. The molecule has 0 bridgehead atoms. The van der Waals surface area contributed by atoms with E-state index in [2.05, 4.69) is 10.3 Å². The summed E-state index contributed by atoms with van der Waals surface area (Å²) < 4.78 is 0. The number of fused-ring (bicyclic) bond motifs is 1. The Morgan fingerprint density at radius 3 is 2.62 bits per heavy atom. The van der Waals surface area contributed by atoms with Crippen molar-refractivity contribution in [2.45, 2.75) is 25.7 Å². The molecule has 1 amide bonds. The maximum Gasteiger partial charge on any atom is 0.251 e. The summed E-state index contributed by atoms with van der Waals surface area (Å²) in [6.45, 7) is 0.591. The number of phenolic OH excluding ortho intramolecular Hbond substituents is 1. The molecule has 5 nitrogen and oxygen atoms in total. The number of nitrogens with one attached hydrogen (secondary N) is 2. The highest BCUT2D eigenvalue weighted by Crippen LogP contribution is 2.12. The number of H-pyrrole nitrogens is 1. The third-order valence-electron chi connectivity index (χ3n) is 4.35. The van der Waals surface area contributed by atoms with Gasteiger partial charge in [-0.25, -0.2) is 0 Å². The third kappa shape index (κ3) is 4.72. The summed E-state index contributed by atoms with van der Waals surface area (Å²) in [6.07, 6.45) is 2.38. The molecule has 0 radical (unpaired) electrons. The number of aromatic amines is 1. The maximum atomic E-state index is 12.1. The molecule has 1 heterocycles. The number of hydrogen-bond acceptors (Lipinski definition) is 3. The average Bonchev–Trinajstić information content (AvgIpc) is 2.65. The molecule has 3 aromatic rings. The molecule has 0 aliphatic heterocycles. The molecule has 3 rings (SSSR count). The lowest BCUT2D eigenvalue weighted by atomic mass is 10.1. The second kappa shape index (κ2) is 8.34. The molecule has 5 heteroatoms.